The highest BCUT2D eigenvalue weighted by Crippen LogP contribution is 2.16. The molecule has 0 aliphatic rings. The van der Waals surface area contributed by atoms with Crippen molar-refractivity contribution in [1.82, 2.24) is 0 Å². The smallest absolute Gasteiger partial charge is 0.127 e. The maximum atomic E-state index is 12.5. The van der Waals surface area contributed by atoms with Crippen LogP contribution in [0.5, 0.6) is 0 Å². The summed E-state index contributed by atoms with van der Waals surface area (Å²) in [6.45, 7) is 1.65. The summed E-state index contributed by atoms with van der Waals surface area (Å²) in [5.74, 6) is -0.248. The number of hydrogen-bond acceptors (Lipinski definition) is 0. The number of hydrogen-bond donors (Lipinski definition) is 0. The van der Waals surface area contributed by atoms with Crippen LogP contribution < -0.4 is 0 Å². The Morgan fingerprint density at radius 2 is 1.67 bits per heavy atom. The molecule has 0 aromatic heterocycles. The van der Waals surface area contributed by atoms with Crippen molar-refractivity contribution in [3.63, 3.8) is 0 Å². The second-order valence-electron chi connectivity index (χ2n) is 1.85. The highest BCUT2D eigenvalue weighted by molar-refractivity contribution is 6.31. The summed E-state index contributed by atoms with van der Waals surface area (Å²) in [7, 11) is 0. The monoisotopic (exact) mass is 252 g/mol. The van der Waals surface area contributed by atoms with E-state index in [0.717, 1.165) is 0 Å². The van der Waals surface area contributed by atoms with Crippen LogP contribution in [0.15, 0.2) is 18.2 Å². The fraction of sp³-hybridized carbons (Fsp3) is 0.143. The van der Waals surface area contributed by atoms with Crippen LogP contribution in [0.25, 0.3) is 0 Å². The Labute approximate surface area is 94.7 Å². The molecule has 0 radical (unpaired) electrons. The van der Waals surface area contributed by atoms with Gasteiger partial charge in [0.05, 0.1) is 0 Å². The topological polar surface area (TPSA) is 0 Å². The molecular formula is C7H9Cl4F. The van der Waals surface area contributed by atoms with E-state index in [4.69, 9.17) is 11.6 Å². The molecule has 0 aliphatic carbocycles. The van der Waals surface area contributed by atoms with E-state index < -0.39 is 0 Å². The summed E-state index contributed by atoms with van der Waals surface area (Å²) in [4.78, 5) is 0. The van der Waals surface area contributed by atoms with Crippen molar-refractivity contribution in [2.75, 3.05) is 0 Å². The Morgan fingerprint density at radius 3 is 2.00 bits per heavy atom. The molecule has 0 unspecified atom stereocenters. The van der Waals surface area contributed by atoms with E-state index in [9.17, 15) is 4.39 Å². The van der Waals surface area contributed by atoms with Crippen LogP contribution in [0, 0.1) is 12.7 Å². The van der Waals surface area contributed by atoms with Crippen molar-refractivity contribution in [3.8, 4) is 0 Å². The first kappa shape index (κ1) is 18.2. The zero-order valence-corrected chi connectivity index (χ0v) is 9.42. The van der Waals surface area contributed by atoms with E-state index in [1.165, 1.54) is 6.07 Å². The Bertz CT molecular complexity index is 206. The Hall–Kier alpha value is 0.310. The zero-order valence-electron chi connectivity index (χ0n) is 6.21. The normalized spacial score (nSPS) is 7.25. The fourth-order valence-electron chi connectivity index (χ4n) is 0.581. The van der Waals surface area contributed by atoms with Crippen LogP contribution in [0.3, 0.4) is 0 Å². The molecule has 12 heavy (non-hydrogen) atoms. The maximum Gasteiger partial charge on any atom is 0.127 e. The molecule has 0 spiro atoms. The third-order valence-corrected chi connectivity index (χ3v) is 1.61. The molecule has 0 nitrogen and oxygen atoms in total. The third kappa shape index (κ3) is 4.36. The first-order chi connectivity index (χ1) is 4.22. The molecule has 0 aliphatic heterocycles. The fourth-order valence-corrected chi connectivity index (χ4v) is 0.744. The molecule has 0 saturated carbocycles. The maximum absolute atomic E-state index is 12.5. The van der Waals surface area contributed by atoms with Gasteiger partial charge in [-0.1, -0.05) is 17.7 Å². The van der Waals surface area contributed by atoms with Crippen molar-refractivity contribution < 1.29 is 4.39 Å². The molecule has 0 atom stereocenters. The standard InChI is InChI=1S/C7H6ClF.3ClH/c1-5-6(8)3-2-4-7(5)9;;;/h2-4H,1H3;3*1H. The minimum absolute atomic E-state index is 0. The van der Waals surface area contributed by atoms with E-state index in [0.29, 0.717) is 10.6 Å². The summed E-state index contributed by atoms with van der Waals surface area (Å²) in [6, 6.07) is 4.64. The lowest BCUT2D eigenvalue weighted by atomic mass is 10.2. The van der Waals surface area contributed by atoms with E-state index in [2.05, 4.69) is 0 Å². The quantitative estimate of drug-likeness (QED) is 0.655. The Kier molecular flexibility index (Phi) is 12.0. The predicted octanol–water partition coefficient (Wildman–Crippen LogP) is 4.05. The first-order valence-electron chi connectivity index (χ1n) is 2.62. The van der Waals surface area contributed by atoms with Gasteiger partial charge in [-0.25, -0.2) is 4.39 Å². The van der Waals surface area contributed by atoms with E-state index in [1.54, 1.807) is 19.1 Å². The molecule has 0 fully saturated rings. The van der Waals surface area contributed by atoms with Crippen LogP contribution in [0.2, 0.25) is 5.02 Å². The van der Waals surface area contributed by atoms with Crippen LogP contribution in [-0.4, -0.2) is 0 Å². The second-order valence-corrected chi connectivity index (χ2v) is 2.25. The van der Waals surface area contributed by atoms with Gasteiger partial charge in [0.15, 0.2) is 0 Å². The van der Waals surface area contributed by atoms with Gasteiger partial charge in [-0.3, -0.25) is 0 Å². The lowest BCUT2D eigenvalue weighted by Gasteiger charge is -1.95. The Morgan fingerprint density at radius 1 is 1.17 bits per heavy atom. The lowest BCUT2D eigenvalue weighted by Crippen LogP contribution is -1.80. The van der Waals surface area contributed by atoms with Crippen molar-refractivity contribution in [2.24, 2.45) is 0 Å². The van der Waals surface area contributed by atoms with Crippen molar-refractivity contribution in [3.05, 3.63) is 34.6 Å². The lowest BCUT2D eigenvalue weighted by molar-refractivity contribution is 0.618. The van der Waals surface area contributed by atoms with Crippen LogP contribution in [0.1, 0.15) is 5.56 Å². The molecule has 0 saturated heterocycles. The van der Waals surface area contributed by atoms with Gasteiger partial charge < -0.3 is 0 Å². The number of benzene rings is 1. The third-order valence-electron chi connectivity index (χ3n) is 1.20. The first-order valence-corrected chi connectivity index (χ1v) is 3.00. The minimum atomic E-state index is -0.248. The molecule has 0 N–H and O–H groups in total. The van der Waals surface area contributed by atoms with Gasteiger partial charge in [0.2, 0.25) is 0 Å². The van der Waals surface area contributed by atoms with Crippen LogP contribution in [-0.2, 0) is 0 Å². The largest absolute Gasteiger partial charge is 0.207 e. The van der Waals surface area contributed by atoms with E-state index >= 15 is 0 Å². The van der Waals surface area contributed by atoms with Gasteiger partial charge in [-0.05, 0) is 19.1 Å². The van der Waals surface area contributed by atoms with Gasteiger partial charge in [-0.15, -0.1) is 37.2 Å². The molecular weight excluding hydrogens is 245 g/mol. The highest BCUT2D eigenvalue weighted by Gasteiger charge is 1.97. The summed E-state index contributed by atoms with van der Waals surface area (Å²) < 4.78 is 12.5. The molecule has 72 valence electrons. The average Bonchev–Trinajstić information content (AvgIpc) is 1.83. The zero-order chi connectivity index (χ0) is 6.85. The van der Waals surface area contributed by atoms with E-state index in [-0.39, 0.29) is 43.0 Å². The van der Waals surface area contributed by atoms with Crippen LogP contribution >= 0.6 is 48.8 Å². The molecule has 1 aromatic rings. The molecule has 1 rings (SSSR count). The summed E-state index contributed by atoms with van der Waals surface area (Å²) in [5, 5.41) is 0.481. The van der Waals surface area contributed by atoms with Crippen molar-refractivity contribution in [2.45, 2.75) is 6.92 Å². The predicted molar refractivity (Wildman–Crippen MR) is 57.9 cm³/mol. The molecule has 5 heteroatoms. The van der Waals surface area contributed by atoms with Gasteiger partial charge in [0.25, 0.3) is 0 Å². The summed E-state index contributed by atoms with van der Waals surface area (Å²) in [5.41, 5.74) is 0.513. The highest BCUT2D eigenvalue weighted by atomic mass is 35.5. The number of halogens is 5. The van der Waals surface area contributed by atoms with Gasteiger partial charge in [0, 0.05) is 10.6 Å². The minimum Gasteiger partial charge on any atom is -0.207 e. The summed E-state index contributed by atoms with van der Waals surface area (Å²) >= 11 is 5.57. The molecule has 0 bridgehead atoms. The van der Waals surface area contributed by atoms with Crippen LogP contribution in [0.4, 0.5) is 4.39 Å². The Balaban J connectivity index is -0.000000270. The van der Waals surface area contributed by atoms with Crippen molar-refractivity contribution in [1.29, 1.82) is 0 Å². The average molecular weight is 254 g/mol. The van der Waals surface area contributed by atoms with Gasteiger partial charge >= 0.3 is 0 Å². The number of rotatable bonds is 0. The van der Waals surface area contributed by atoms with E-state index in [1.807, 2.05) is 0 Å². The SMILES string of the molecule is Cc1c(F)cccc1Cl.Cl.Cl.Cl. The van der Waals surface area contributed by atoms with Crippen molar-refractivity contribution >= 4 is 48.8 Å². The molecule has 0 amide bonds. The summed E-state index contributed by atoms with van der Waals surface area (Å²) in [6.07, 6.45) is 0. The van der Waals surface area contributed by atoms with Gasteiger partial charge in [-0.2, -0.15) is 0 Å². The second kappa shape index (κ2) is 7.93. The molecule has 1 aromatic carbocycles. The van der Waals surface area contributed by atoms with Gasteiger partial charge in [0.1, 0.15) is 5.82 Å². The molecule has 0 heterocycles.